The van der Waals surface area contributed by atoms with E-state index >= 15 is 0 Å². The molecule has 8 aromatic rings. The second-order valence-corrected chi connectivity index (χ2v) is 10.5. The first-order valence-electron chi connectivity index (χ1n) is 14.5. The molecule has 0 aliphatic rings. The molecule has 0 amide bonds. The molecule has 0 aliphatic carbocycles. The van der Waals surface area contributed by atoms with Crippen LogP contribution in [0.25, 0.3) is 56.1 Å². The summed E-state index contributed by atoms with van der Waals surface area (Å²) in [6.07, 6.45) is 0. The highest BCUT2D eigenvalue weighted by Crippen LogP contribution is 2.38. The van der Waals surface area contributed by atoms with Crippen molar-refractivity contribution in [1.82, 2.24) is 15.0 Å². The van der Waals surface area contributed by atoms with Crippen LogP contribution < -0.4 is 4.90 Å². The van der Waals surface area contributed by atoms with E-state index in [1.807, 2.05) is 84.9 Å². The van der Waals surface area contributed by atoms with E-state index in [4.69, 9.17) is 19.4 Å². The van der Waals surface area contributed by atoms with Crippen molar-refractivity contribution in [3.8, 4) is 34.0 Å². The molecule has 0 N–H and O–H groups in total. The molecule has 2 aromatic heterocycles. The number of nitrogens with zero attached hydrogens (tertiary/aromatic N) is 4. The summed E-state index contributed by atoms with van der Waals surface area (Å²) in [5, 5.41) is 0. The van der Waals surface area contributed by atoms with Crippen molar-refractivity contribution in [3.63, 3.8) is 0 Å². The average Bonchev–Trinajstić information content (AvgIpc) is 3.54. The van der Waals surface area contributed by atoms with E-state index in [2.05, 4.69) is 77.7 Å². The molecule has 5 heteroatoms. The van der Waals surface area contributed by atoms with Gasteiger partial charge in [0.1, 0.15) is 5.52 Å². The van der Waals surface area contributed by atoms with Crippen LogP contribution in [0.15, 0.2) is 162 Å². The topological polar surface area (TPSA) is 55.1 Å². The standard InChI is InChI=1S/C39H26N4O/c1-3-12-27(13-4-1)37-38(41-34-19-8-7-18-33(34)40-37)28-22-24-31(25-23-28)43(30-15-5-2-6-16-30)32-17-11-14-29(26-32)39-42-35-20-9-10-21-36(35)44-39/h1-26H. The first-order valence-corrected chi connectivity index (χ1v) is 14.5. The lowest BCUT2D eigenvalue weighted by Gasteiger charge is -2.26. The molecule has 0 fully saturated rings. The quantitative estimate of drug-likeness (QED) is 0.200. The molecule has 5 nitrogen and oxygen atoms in total. The van der Waals surface area contributed by atoms with Crippen molar-refractivity contribution in [3.05, 3.63) is 158 Å². The van der Waals surface area contributed by atoms with Gasteiger partial charge in [-0.15, -0.1) is 0 Å². The lowest BCUT2D eigenvalue weighted by atomic mass is 10.0. The molecule has 0 unspecified atom stereocenters. The second-order valence-electron chi connectivity index (χ2n) is 10.5. The van der Waals surface area contributed by atoms with Crippen molar-refractivity contribution in [2.24, 2.45) is 0 Å². The third kappa shape index (κ3) is 4.76. The molecule has 208 valence electrons. The van der Waals surface area contributed by atoms with Gasteiger partial charge >= 0.3 is 0 Å². The number of anilines is 3. The lowest BCUT2D eigenvalue weighted by Crippen LogP contribution is -2.10. The van der Waals surface area contributed by atoms with Gasteiger partial charge in [-0.25, -0.2) is 15.0 Å². The summed E-state index contributed by atoms with van der Waals surface area (Å²) >= 11 is 0. The second kappa shape index (κ2) is 11.0. The number of benzene rings is 6. The number of para-hydroxylation sites is 5. The van der Waals surface area contributed by atoms with E-state index in [0.29, 0.717) is 5.89 Å². The summed E-state index contributed by atoms with van der Waals surface area (Å²) in [6, 6.07) is 53.3. The monoisotopic (exact) mass is 566 g/mol. The predicted molar refractivity (Wildman–Crippen MR) is 178 cm³/mol. The fraction of sp³-hybridized carbons (Fsp3) is 0. The molecule has 0 aliphatic heterocycles. The van der Waals surface area contributed by atoms with Gasteiger partial charge in [0.2, 0.25) is 5.89 Å². The molecule has 0 atom stereocenters. The van der Waals surface area contributed by atoms with Crippen LogP contribution in [0, 0.1) is 0 Å². The smallest absolute Gasteiger partial charge is 0.227 e. The van der Waals surface area contributed by atoms with Crippen molar-refractivity contribution >= 4 is 39.2 Å². The maximum atomic E-state index is 6.10. The zero-order valence-electron chi connectivity index (χ0n) is 23.7. The third-order valence-electron chi connectivity index (χ3n) is 7.68. The number of rotatable bonds is 6. The third-order valence-corrected chi connectivity index (χ3v) is 7.68. The van der Waals surface area contributed by atoms with E-state index < -0.39 is 0 Å². The van der Waals surface area contributed by atoms with Gasteiger partial charge in [0.05, 0.1) is 22.4 Å². The lowest BCUT2D eigenvalue weighted by molar-refractivity contribution is 0.620. The minimum Gasteiger partial charge on any atom is -0.436 e. The van der Waals surface area contributed by atoms with Gasteiger partial charge in [-0.2, -0.15) is 0 Å². The Labute approximate surface area is 254 Å². The van der Waals surface area contributed by atoms with Gasteiger partial charge in [-0.1, -0.05) is 91.0 Å². The van der Waals surface area contributed by atoms with Crippen LogP contribution in [0.2, 0.25) is 0 Å². The summed E-state index contributed by atoms with van der Waals surface area (Å²) in [6.45, 7) is 0. The molecule has 44 heavy (non-hydrogen) atoms. The Kier molecular flexibility index (Phi) is 6.39. The van der Waals surface area contributed by atoms with Crippen LogP contribution in [0.3, 0.4) is 0 Å². The predicted octanol–water partition coefficient (Wildman–Crippen LogP) is 10.2. The number of hydrogen-bond donors (Lipinski definition) is 0. The Morgan fingerprint density at radius 1 is 0.386 bits per heavy atom. The largest absolute Gasteiger partial charge is 0.436 e. The van der Waals surface area contributed by atoms with Crippen LogP contribution in [0.1, 0.15) is 0 Å². The number of fused-ring (bicyclic) bond motifs is 2. The summed E-state index contributed by atoms with van der Waals surface area (Å²) in [5.74, 6) is 0.597. The zero-order chi connectivity index (χ0) is 29.3. The molecule has 0 radical (unpaired) electrons. The molecular weight excluding hydrogens is 540 g/mol. The fourth-order valence-corrected chi connectivity index (χ4v) is 5.56. The van der Waals surface area contributed by atoms with Crippen LogP contribution >= 0.6 is 0 Å². The Morgan fingerprint density at radius 3 is 1.59 bits per heavy atom. The normalized spacial score (nSPS) is 11.2. The molecule has 6 aromatic carbocycles. The zero-order valence-corrected chi connectivity index (χ0v) is 23.7. The Morgan fingerprint density at radius 2 is 0.909 bits per heavy atom. The van der Waals surface area contributed by atoms with Crippen LogP contribution in [0.5, 0.6) is 0 Å². The van der Waals surface area contributed by atoms with E-state index in [1.165, 1.54) is 0 Å². The van der Waals surface area contributed by atoms with Gasteiger partial charge in [-0.3, -0.25) is 0 Å². The fourth-order valence-electron chi connectivity index (χ4n) is 5.56. The Hall–Kier alpha value is -6.07. The van der Waals surface area contributed by atoms with Gasteiger partial charge in [0.25, 0.3) is 0 Å². The van der Waals surface area contributed by atoms with Crippen molar-refractivity contribution in [1.29, 1.82) is 0 Å². The van der Waals surface area contributed by atoms with Gasteiger partial charge in [-0.05, 0) is 66.7 Å². The first-order chi connectivity index (χ1) is 21.8. The Balaban J connectivity index is 1.22. The summed E-state index contributed by atoms with van der Waals surface area (Å²) in [7, 11) is 0. The summed E-state index contributed by atoms with van der Waals surface area (Å²) in [5.41, 5.74) is 11.1. The van der Waals surface area contributed by atoms with Crippen molar-refractivity contribution in [2.45, 2.75) is 0 Å². The SMILES string of the molecule is c1ccc(-c2nc3ccccc3nc2-c2ccc(N(c3ccccc3)c3cccc(-c4nc5ccccc5o4)c3)cc2)cc1. The molecule has 0 saturated heterocycles. The number of aromatic nitrogens is 3. The molecular formula is C39H26N4O. The average molecular weight is 567 g/mol. The Bertz CT molecular complexity index is 2190. The van der Waals surface area contributed by atoms with Gasteiger partial charge < -0.3 is 9.32 Å². The van der Waals surface area contributed by atoms with Crippen molar-refractivity contribution < 1.29 is 4.42 Å². The first kappa shape index (κ1) is 25.6. The summed E-state index contributed by atoms with van der Waals surface area (Å²) in [4.78, 5) is 17.1. The van der Waals surface area contributed by atoms with E-state index in [-0.39, 0.29) is 0 Å². The highest BCUT2D eigenvalue weighted by molar-refractivity contribution is 5.87. The van der Waals surface area contributed by atoms with Crippen LogP contribution in [0.4, 0.5) is 17.1 Å². The maximum absolute atomic E-state index is 6.10. The summed E-state index contributed by atoms with van der Waals surface area (Å²) < 4.78 is 6.10. The van der Waals surface area contributed by atoms with Crippen LogP contribution in [-0.4, -0.2) is 15.0 Å². The van der Waals surface area contributed by atoms with E-state index in [9.17, 15) is 0 Å². The molecule has 0 bridgehead atoms. The van der Waals surface area contributed by atoms with E-state index in [0.717, 1.165) is 67.3 Å². The number of oxazole rings is 1. The van der Waals surface area contributed by atoms with Crippen LogP contribution in [-0.2, 0) is 0 Å². The van der Waals surface area contributed by atoms with Crippen molar-refractivity contribution in [2.75, 3.05) is 4.90 Å². The highest BCUT2D eigenvalue weighted by Gasteiger charge is 2.17. The van der Waals surface area contributed by atoms with Gasteiger partial charge in [0.15, 0.2) is 5.58 Å². The number of hydrogen-bond acceptors (Lipinski definition) is 5. The van der Waals surface area contributed by atoms with E-state index in [1.54, 1.807) is 0 Å². The highest BCUT2D eigenvalue weighted by atomic mass is 16.3. The molecule has 0 saturated carbocycles. The molecule has 8 rings (SSSR count). The van der Waals surface area contributed by atoms with Gasteiger partial charge in [0, 0.05) is 33.8 Å². The minimum absolute atomic E-state index is 0.597. The maximum Gasteiger partial charge on any atom is 0.227 e. The molecule has 0 spiro atoms. The molecule has 2 heterocycles. The minimum atomic E-state index is 0.597.